The van der Waals surface area contributed by atoms with Crippen LogP contribution < -0.4 is 5.32 Å². The van der Waals surface area contributed by atoms with Crippen LogP contribution in [-0.4, -0.2) is 26.6 Å². The van der Waals surface area contributed by atoms with Crippen molar-refractivity contribution in [1.82, 2.24) is 14.9 Å². The fourth-order valence-corrected chi connectivity index (χ4v) is 1.11. The molecule has 1 heterocycles. The fourth-order valence-electron chi connectivity index (χ4n) is 1.11. The van der Waals surface area contributed by atoms with Gasteiger partial charge in [-0.3, -0.25) is 4.79 Å². The largest absolute Gasteiger partial charge is 0.390 e. The summed E-state index contributed by atoms with van der Waals surface area (Å²) in [7, 11) is 0. The predicted molar refractivity (Wildman–Crippen MR) is 51.4 cm³/mol. The number of aromatic nitrogens is 2. The molecule has 0 spiro atoms. The van der Waals surface area contributed by atoms with Gasteiger partial charge in [-0.05, 0) is 13.8 Å². The van der Waals surface area contributed by atoms with Crippen LogP contribution in [0.5, 0.6) is 0 Å². The van der Waals surface area contributed by atoms with E-state index in [1.165, 1.54) is 6.33 Å². The third-order valence-electron chi connectivity index (χ3n) is 1.62. The molecule has 0 saturated heterocycles. The molecular weight excluding hydrogens is 182 g/mol. The minimum absolute atomic E-state index is 0.0538. The summed E-state index contributed by atoms with van der Waals surface area (Å²) in [6.07, 6.45) is 3.19. The van der Waals surface area contributed by atoms with Gasteiger partial charge in [-0.2, -0.15) is 0 Å². The highest BCUT2D eigenvalue weighted by molar-refractivity contribution is 5.75. The van der Waals surface area contributed by atoms with Crippen molar-refractivity contribution >= 4 is 5.91 Å². The average molecular weight is 197 g/mol. The molecule has 0 radical (unpaired) electrons. The van der Waals surface area contributed by atoms with Gasteiger partial charge < -0.3 is 15.0 Å². The van der Waals surface area contributed by atoms with E-state index in [0.29, 0.717) is 5.69 Å². The number of aliphatic hydroxyl groups excluding tert-OH is 1. The zero-order valence-corrected chi connectivity index (χ0v) is 8.40. The van der Waals surface area contributed by atoms with Gasteiger partial charge in [-0.25, -0.2) is 4.98 Å². The van der Waals surface area contributed by atoms with E-state index in [4.69, 9.17) is 5.11 Å². The molecule has 1 aromatic rings. The van der Waals surface area contributed by atoms with Gasteiger partial charge in [0, 0.05) is 12.2 Å². The van der Waals surface area contributed by atoms with Gasteiger partial charge >= 0.3 is 0 Å². The number of carbonyl (C=O) groups excluding carboxylic acids is 1. The molecule has 0 saturated carbocycles. The molecule has 5 nitrogen and oxygen atoms in total. The lowest BCUT2D eigenvalue weighted by atomic mass is 10.4. The molecule has 0 fully saturated rings. The molecule has 1 amide bonds. The van der Waals surface area contributed by atoms with Gasteiger partial charge in [0.1, 0.15) is 6.54 Å². The quantitative estimate of drug-likeness (QED) is 0.708. The normalized spacial score (nSPS) is 10.6. The van der Waals surface area contributed by atoms with E-state index in [0.717, 1.165) is 0 Å². The lowest BCUT2D eigenvalue weighted by Crippen LogP contribution is -2.32. The zero-order chi connectivity index (χ0) is 10.6. The summed E-state index contributed by atoms with van der Waals surface area (Å²) in [5.74, 6) is -0.0538. The summed E-state index contributed by atoms with van der Waals surface area (Å²) in [6.45, 7) is 3.96. The van der Waals surface area contributed by atoms with Crippen LogP contribution in [-0.2, 0) is 17.9 Å². The van der Waals surface area contributed by atoms with Crippen molar-refractivity contribution in [2.45, 2.75) is 33.0 Å². The Morgan fingerprint density at radius 1 is 1.71 bits per heavy atom. The zero-order valence-electron chi connectivity index (χ0n) is 8.40. The summed E-state index contributed by atoms with van der Waals surface area (Å²) >= 11 is 0. The van der Waals surface area contributed by atoms with E-state index in [1.807, 2.05) is 13.8 Å². The second-order valence-electron chi connectivity index (χ2n) is 3.42. The van der Waals surface area contributed by atoms with Crippen LogP contribution in [0.15, 0.2) is 12.5 Å². The molecule has 1 rings (SSSR count). The van der Waals surface area contributed by atoms with Crippen molar-refractivity contribution in [2.24, 2.45) is 0 Å². The molecule has 2 N–H and O–H groups in total. The second-order valence-corrected chi connectivity index (χ2v) is 3.42. The Morgan fingerprint density at radius 3 is 2.93 bits per heavy atom. The summed E-state index contributed by atoms with van der Waals surface area (Å²) in [6, 6.07) is 0.142. The van der Waals surface area contributed by atoms with Crippen molar-refractivity contribution < 1.29 is 9.90 Å². The minimum atomic E-state index is -0.0984. The molecule has 0 aliphatic carbocycles. The Labute approximate surface area is 82.8 Å². The second kappa shape index (κ2) is 4.76. The number of nitrogens with one attached hydrogen (secondary N) is 1. The summed E-state index contributed by atoms with van der Waals surface area (Å²) in [5.41, 5.74) is 0.572. The number of amides is 1. The van der Waals surface area contributed by atoms with E-state index >= 15 is 0 Å². The van der Waals surface area contributed by atoms with E-state index in [-0.39, 0.29) is 25.1 Å². The monoisotopic (exact) mass is 197 g/mol. The molecule has 5 heteroatoms. The van der Waals surface area contributed by atoms with Crippen molar-refractivity contribution in [2.75, 3.05) is 0 Å². The molecule has 0 aromatic carbocycles. The Kier molecular flexibility index (Phi) is 3.64. The lowest BCUT2D eigenvalue weighted by molar-refractivity contribution is -0.122. The number of imidazole rings is 1. The molecule has 0 unspecified atom stereocenters. The molecule has 0 bridgehead atoms. The molecule has 14 heavy (non-hydrogen) atoms. The first-order valence-electron chi connectivity index (χ1n) is 4.52. The van der Waals surface area contributed by atoms with E-state index < -0.39 is 0 Å². The third kappa shape index (κ3) is 3.18. The Bertz CT molecular complexity index is 307. The number of rotatable bonds is 4. The highest BCUT2D eigenvalue weighted by Crippen LogP contribution is 1.95. The SMILES string of the molecule is CC(C)NC(=O)Cn1cnc(CO)c1. The van der Waals surface area contributed by atoms with Crippen molar-refractivity contribution in [3.05, 3.63) is 18.2 Å². The van der Waals surface area contributed by atoms with Crippen LogP contribution in [0.3, 0.4) is 0 Å². The first kappa shape index (κ1) is 10.7. The maximum Gasteiger partial charge on any atom is 0.240 e. The number of hydrogen-bond donors (Lipinski definition) is 2. The van der Waals surface area contributed by atoms with Crippen LogP contribution in [0.25, 0.3) is 0 Å². The highest BCUT2D eigenvalue weighted by Gasteiger charge is 2.04. The molecule has 78 valence electrons. The summed E-state index contributed by atoms with van der Waals surface area (Å²) in [5, 5.41) is 11.5. The van der Waals surface area contributed by atoms with Crippen LogP contribution in [0.1, 0.15) is 19.5 Å². The van der Waals surface area contributed by atoms with Crippen LogP contribution in [0.4, 0.5) is 0 Å². The minimum Gasteiger partial charge on any atom is -0.390 e. The summed E-state index contributed by atoms with van der Waals surface area (Å²) < 4.78 is 1.64. The Hall–Kier alpha value is -1.36. The van der Waals surface area contributed by atoms with Crippen LogP contribution >= 0.6 is 0 Å². The first-order valence-corrected chi connectivity index (χ1v) is 4.52. The van der Waals surface area contributed by atoms with E-state index in [2.05, 4.69) is 10.3 Å². The van der Waals surface area contributed by atoms with Crippen LogP contribution in [0, 0.1) is 0 Å². The summed E-state index contributed by atoms with van der Waals surface area (Å²) in [4.78, 5) is 15.2. The van der Waals surface area contributed by atoms with Gasteiger partial charge in [0.15, 0.2) is 0 Å². The van der Waals surface area contributed by atoms with Crippen LogP contribution in [0.2, 0.25) is 0 Å². The topological polar surface area (TPSA) is 67.2 Å². The smallest absolute Gasteiger partial charge is 0.240 e. The van der Waals surface area contributed by atoms with Gasteiger partial charge in [-0.1, -0.05) is 0 Å². The van der Waals surface area contributed by atoms with Gasteiger partial charge in [0.2, 0.25) is 5.91 Å². The van der Waals surface area contributed by atoms with Gasteiger partial charge in [0.05, 0.1) is 18.6 Å². The average Bonchev–Trinajstić information content (AvgIpc) is 2.50. The predicted octanol–water partition coefficient (Wildman–Crippen LogP) is -0.100. The molecule has 0 aliphatic rings. The van der Waals surface area contributed by atoms with Gasteiger partial charge in [-0.15, -0.1) is 0 Å². The lowest BCUT2D eigenvalue weighted by Gasteiger charge is -2.07. The number of aliphatic hydroxyl groups is 1. The first-order chi connectivity index (χ1) is 6.61. The molecule has 0 aliphatic heterocycles. The number of nitrogens with zero attached hydrogens (tertiary/aromatic N) is 2. The number of hydrogen-bond acceptors (Lipinski definition) is 3. The van der Waals surface area contributed by atoms with Gasteiger partial charge in [0.25, 0.3) is 0 Å². The maximum atomic E-state index is 11.3. The third-order valence-corrected chi connectivity index (χ3v) is 1.62. The molecule has 1 aromatic heterocycles. The Balaban J connectivity index is 2.47. The fraction of sp³-hybridized carbons (Fsp3) is 0.556. The highest BCUT2D eigenvalue weighted by atomic mass is 16.3. The van der Waals surface area contributed by atoms with Crippen molar-refractivity contribution in [3.63, 3.8) is 0 Å². The number of carbonyl (C=O) groups is 1. The Morgan fingerprint density at radius 2 is 2.43 bits per heavy atom. The van der Waals surface area contributed by atoms with Crippen molar-refractivity contribution in [3.8, 4) is 0 Å². The molecular formula is C9H15N3O2. The standard InChI is InChI=1S/C9H15N3O2/c1-7(2)11-9(14)4-12-3-8(5-13)10-6-12/h3,6-7,13H,4-5H2,1-2H3,(H,11,14). The van der Waals surface area contributed by atoms with E-state index in [1.54, 1.807) is 10.8 Å². The maximum absolute atomic E-state index is 11.3. The molecule has 0 atom stereocenters. The van der Waals surface area contributed by atoms with E-state index in [9.17, 15) is 4.79 Å². The van der Waals surface area contributed by atoms with Crippen molar-refractivity contribution in [1.29, 1.82) is 0 Å².